The maximum Gasteiger partial charge on any atom is 0.307 e. The summed E-state index contributed by atoms with van der Waals surface area (Å²) in [6.45, 7) is 7.45. The van der Waals surface area contributed by atoms with Crippen LogP contribution in [-0.2, 0) is 9.59 Å². The van der Waals surface area contributed by atoms with Crippen molar-refractivity contribution in [2.24, 2.45) is 17.3 Å². The first-order chi connectivity index (χ1) is 9.77. The molecule has 1 N–H and O–H groups in total. The molecule has 2 unspecified atom stereocenters. The number of carbonyl (C=O) groups is 2. The van der Waals surface area contributed by atoms with Crippen molar-refractivity contribution < 1.29 is 14.7 Å². The molecule has 0 amide bonds. The molecule has 0 aromatic heterocycles. The molecule has 0 aliphatic heterocycles. The predicted molar refractivity (Wildman–Crippen MR) is 84.8 cm³/mol. The van der Waals surface area contributed by atoms with Crippen LogP contribution < -0.4 is 0 Å². The Balaban J connectivity index is 2.95. The molecule has 114 valence electrons. The lowest BCUT2D eigenvalue weighted by Crippen LogP contribution is -2.38. The summed E-state index contributed by atoms with van der Waals surface area (Å²) in [5.74, 6) is -2.21. The Kier molecular flexibility index (Phi) is 5.89. The van der Waals surface area contributed by atoms with Crippen LogP contribution in [0.15, 0.2) is 36.4 Å². The van der Waals surface area contributed by atoms with Gasteiger partial charge in [0.15, 0.2) is 5.78 Å². The Hall–Kier alpha value is -1.90. The lowest BCUT2D eigenvalue weighted by molar-refractivity contribution is -0.151. The molecule has 0 spiro atoms. The van der Waals surface area contributed by atoms with Crippen molar-refractivity contribution >= 4 is 17.8 Å². The zero-order valence-electron chi connectivity index (χ0n) is 13.2. The van der Waals surface area contributed by atoms with Crippen molar-refractivity contribution in [3.05, 3.63) is 42.0 Å². The summed E-state index contributed by atoms with van der Waals surface area (Å²) in [6, 6.07) is 9.52. The second-order valence-electron chi connectivity index (χ2n) is 6.34. The first-order valence-electron chi connectivity index (χ1n) is 7.27. The van der Waals surface area contributed by atoms with Gasteiger partial charge < -0.3 is 5.11 Å². The molecule has 0 saturated heterocycles. The fourth-order valence-electron chi connectivity index (χ4n) is 2.61. The van der Waals surface area contributed by atoms with Gasteiger partial charge >= 0.3 is 5.97 Å². The van der Waals surface area contributed by atoms with Crippen molar-refractivity contribution in [3.8, 4) is 0 Å². The first kappa shape index (κ1) is 17.2. The van der Waals surface area contributed by atoms with Crippen LogP contribution in [0.3, 0.4) is 0 Å². The smallest absolute Gasteiger partial charge is 0.307 e. The van der Waals surface area contributed by atoms with E-state index in [9.17, 15) is 14.7 Å². The number of carboxylic acids is 1. The molecule has 0 aliphatic carbocycles. The Bertz CT molecular complexity index is 509. The van der Waals surface area contributed by atoms with Gasteiger partial charge in [-0.25, -0.2) is 0 Å². The van der Waals surface area contributed by atoms with Gasteiger partial charge in [0.1, 0.15) is 0 Å². The van der Waals surface area contributed by atoms with Crippen LogP contribution in [0.5, 0.6) is 0 Å². The van der Waals surface area contributed by atoms with E-state index in [-0.39, 0.29) is 5.78 Å². The molecular weight excluding hydrogens is 264 g/mol. The molecule has 0 radical (unpaired) electrons. The third-order valence-corrected chi connectivity index (χ3v) is 3.65. The average molecular weight is 288 g/mol. The summed E-state index contributed by atoms with van der Waals surface area (Å²) in [6.07, 6.45) is 3.77. The van der Waals surface area contributed by atoms with E-state index in [1.165, 1.54) is 6.08 Å². The van der Waals surface area contributed by atoms with Crippen LogP contribution in [0.1, 0.15) is 39.7 Å². The molecule has 0 fully saturated rings. The Morgan fingerprint density at radius 2 is 1.76 bits per heavy atom. The third kappa shape index (κ3) is 4.85. The lowest BCUT2D eigenvalue weighted by Gasteiger charge is -2.32. The molecule has 3 nitrogen and oxygen atoms in total. The van der Waals surface area contributed by atoms with Crippen LogP contribution >= 0.6 is 0 Å². The normalized spacial score (nSPS) is 14.9. The quantitative estimate of drug-likeness (QED) is 0.804. The van der Waals surface area contributed by atoms with Gasteiger partial charge in [0, 0.05) is 5.92 Å². The summed E-state index contributed by atoms with van der Waals surface area (Å²) >= 11 is 0. The van der Waals surface area contributed by atoms with E-state index >= 15 is 0 Å². The van der Waals surface area contributed by atoms with Crippen molar-refractivity contribution in [2.75, 3.05) is 0 Å². The monoisotopic (exact) mass is 288 g/mol. The van der Waals surface area contributed by atoms with E-state index < -0.39 is 23.2 Å². The summed E-state index contributed by atoms with van der Waals surface area (Å²) in [4.78, 5) is 23.9. The molecule has 2 atom stereocenters. The number of ketones is 1. The van der Waals surface area contributed by atoms with E-state index in [1.54, 1.807) is 6.08 Å². The van der Waals surface area contributed by atoms with Crippen LogP contribution in [0.25, 0.3) is 6.08 Å². The van der Waals surface area contributed by atoms with Crippen LogP contribution in [0.2, 0.25) is 0 Å². The molecule has 0 aliphatic rings. The van der Waals surface area contributed by atoms with E-state index in [2.05, 4.69) is 0 Å². The number of allylic oxidation sites excluding steroid dienone is 1. The number of benzene rings is 1. The van der Waals surface area contributed by atoms with Gasteiger partial charge in [0.05, 0.1) is 5.92 Å². The minimum atomic E-state index is -0.907. The summed E-state index contributed by atoms with van der Waals surface area (Å²) in [7, 11) is 0. The zero-order valence-corrected chi connectivity index (χ0v) is 13.2. The fraction of sp³-hybridized carbons (Fsp3) is 0.444. The van der Waals surface area contributed by atoms with Crippen molar-refractivity contribution in [2.45, 2.75) is 34.1 Å². The third-order valence-electron chi connectivity index (χ3n) is 3.65. The van der Waals surface area contributed by atoms with E-state index in [0.29, 0.717) is 6.42 Å². The number of carbonyl (C=O) groups excluding carboxylic acids is 1. The highest BCUT2D eigenvalue weighted by molar-refractivity contribution is 5.97. The number of aliphatic carboxylic acids is 1. The van der Waals surface area contributed by atoms with Gasteiger partial charge in [-0.15, -0.1) is 0 Å². The van der Waals surface area contributed by atoms with E-state index in [1.807, 2.05) is 58.0 Å². The van der Waals surface area contributed by atoms with E-state index in [0.717, 1.165) is 5.56 Å². The molecule has 1 aromatic rings. The molecule has 1 aromatic carbocycles. The molecule has 0 heterocycles. The number of rotatable bonds is 6. The SMILES string of the molecule is CCC(C(=O)C=Cc1ccccc1)C(C(=O)O)C(C)(C)C. The summed E-state index contributed by atoms with van der Waals surface area (Å²) < 4.78 is 0. The highest BCUT2D eigenvalue weighted by atomic mass is 16.4. The fourth-order valence-corrected chi connectivity index (χ4v) is 2.61. The minimum Gasteiger partial charge on any atom is -0.481 e. The maximum absolute atomic E-state index is 12.4. The Labute approximate surface area is 126 Å². The lowest BCUT2D eigenvalue weighted by atomic mass is 9.70. The number of hydrogen-bond donors (Lipinski definition) is 1. The minimum absolute atomic E-state index is 0.122. The summed E-state index contributed by atoms with van der Waals surface area (Å²) in [5.41, 5.74) is 0.478. The van der Waals surface area contributed by atoms with Gasteiger partial charge in [-0.3, -0.25) is 9.59 Å². The second kappa shape index (κ2) is 7.21. The highest BCUT2D eigenvalue weighted by Gasteiger charge is 2.39. The summed E-state index contributed by atoms with van der Waals surface area (Å²) in [5, 5.41) is 9.47. The molecule has 0 bridgehead atoms. The van der Waals surface area contributed by atoms with Crippen LogP contribution in [0.4, 0.5) is 0 Å². The molecule has 3 heteroatoms. The topological polar surface area (TPSA) is 54.4 Å². The second-order valence-corrected chi connectivity index (χ2v) is 6.34. The Morgan fingerprint density at radius 1 is 1.19 bits per heavy atom. The van der Waals surface area contributed by atoms with Gasteiger partial charge in [-0.1, -0.05) is 64.1 Å². The standard InChI is InChI=1S/C18H24O3/c1-5-14(16(17(20)21)18(2,3)4)15(19)12-11-13-9-7-6-8-10-13/h6-12,14,16H,5H2,1-4H3,(H,20,21). The predicted octanol–water partition coefficient (Wildman–Crippen LogP) is 4.04. The molecule has 1 rings (SSSR count). The highest BCUT2D eigenvalue weighted by Crippen LogP contribution is 2.35. The van der Waals surface area contributed by atoms with Gasteiger partial charge in [0.2, 0.25) is 0 Å². The zero-order chi connectivity index (χ0) is 16.0. The van der Waals surface area contributed by atoms with Gasteiger partial charge in [-0.2, -0.15) is 0 Å². The van der Waals surface area contributed by atoms with Crippen LogP contribution in [0, 0.1) is 17.3 Å². The number of carboxylic acid groups (broad SMARTS) is 1. The van der Waals surface area contributed by atoms with E-state index in [4.69, 9.17) is 0 Å². The van der Waals surface area contributed by atoms with Crippen molar-refractivity contribution in [1.82, 2.24) is 0 Å². The molecular formula is C18H24O3. The molecule has 21 heavy (non-hydrogen) atoms. The maximum atomic E-state index is 12.4. The first-order valence-corrected chi connectivity index (χ1v) is 7.27. The average Bonchev–Trinajstić information content (AvgIpc) is 2.41. The van der Waals surface area contributed by atoms with Crippen molar-refractivity contribution in [3.63, 3.8) is 0 Å². The van der Waals surface area contributed by atoms with Gasteiger partial charge in [0.25, 0.3) is 0 Å². The van der Waals surface area contributed by atoms with Gasteiger partial charge in [-0.05, 0) is 23.5 Å². The Morgan fingerprint density at radius 3 is 2.19 bits per heavy atom. The largest absolute Gasteiger partial charge is 0.481 e. The van der Waals surface area contributed by atoms with Crippen LogP contribution in [-0.4, -0.2) is 16.9 Å². The number of hydrogen-bond acceptors (Lipinski definition) is 2. The van der Waals surface area contributed by atoms with Crippen molar-refractivity contribution in [1.29, 1.82) is 0 Å². The molecule has 0 saturated carbocycles.